The summed E-state index contributed by atoms with van der Waals surface area (Å²) < 4.78 is 0. The second-order valence-corrected chi connectivity index (χ2v) is 7.83. The predicted molar refractivity (Wildman–Crippen MR) is 119 cm³/mol. The monoisotopic (exact) mass is 393 g/mol. The van der Waals surface area contributed by atoms with E-state index in [4.69, 9.17) is 4.98 Å². The van der Waals surface area contributed by atoms with Gasteiger partial charge in [0.25, 0.3) is 5.91 Å². The molecule has 0 N–H and O–H groups in total. The van der Waals surface area contributed by atoms with Gasteiger partial charge in [0, 0.05) is 23.8 Å². The van der Waals surface area contributed by atoms with E-state index in [-0.39, 0.29) is 11.9 Å². The van der Waals surface area contributed by atoms with Gasteiger partial charge in [0.15, 0.2) is 0 Å². The Hall–Kier alpha value is -3.53. The Morgan fingerprint density at radius 2 is 1.77 bits per heavy atom. The number of nitrogens with zero attached hydrogens (tertiary/aromatic N) is 3. The van der Waals surface area contributed by atoms with E-state index in [9.17, 15) is 4.79 Å². The highest BCUT2D eigenvalue weighted by Gasteiger charge is 2.33. The molecule has 2 aromatic heterocycles. The maximum absolute atomic E-state index is 13.5. The highest BCUT2D eigenvalue weighted by atomic mass is 16.2. The van der Waals surface area contributed by atoms with E-state index in [1.807, 2.05) is 60.4 Å². The van der Waals surface area contributed by atoms with E-state index in [1.165, 1.54) is 0 Å². The number of carbonyl (C=O) groups is 1. The lowest BCUT2D eigenvalue weighted by molar-refractivity contribution is 0.0729. The first-order valence-corrected chi connectivity index (χ1v) is 10.4. The largest absolute Gasteiger partial charge is 0.329 e. The number of aromatic nitrogens is 2. The van der Waals surface area contributed by atoms with Gasteiger partial charge in [-0.2, -0.15) is 0 Å². The molecule has 1 fully saturated rings. The maximum atomic E-state index is 13.5. The van der Waals surface area contributed by atoms with E-state index in [0.29, 0.717) is 5.69 Å². The van der Waals surface area contributed by atoms with Gasteiger partial charge in [0.2, 0.25) is 0 Å². The van der Waals surface area contributed by atoms with Crippen LogP contribution in [0.3, 0.4) is 0 Å². The van der Waals surface area contributed by atoms with Crippen LogP contribution in [0.25, 0.3) is 21.9 Å². The molecule has 3 heterocycles. The number of hydrogen-bond acceptors (Lipinski definition) is 3. The van der Waals surface area contributed by atoms with Crippen LogP contribution in [0.2, 0.25) is 0 Å². The Morgan fingerprint density at radius 1 is 0.967 bits per heavy atom. The number of hydrogen-bond donors (Lipinski definition) is 0. The second-order valence-electron chi connectivity index (χ2n) is 7.83. The second kappa shape index (κ2) is 7.71. The topological polar surface area (TPSA) is 46.1 Å². The molecule has 0 spiro atoms. The molecule has 0 aliphatic carbocycles. The molecule has 0 unspecified atom stereocenters. The molecule has 1 amide bonds. The van der Waals surface area contributed by atoms with Gasteiger partial charge in [0.05, 0.1) is 11.7 Å². The molecule has 1 aliphatic heterocycles. The summed E-state index contributed by atoms with van der Waals surface area (Å²) in [4.78, 5) is 24.7. The molecule has 0 radical (unpaired) electrons. The quantitative estimate of drug-likeness (QED) is 0.456. The number of amides is 1. The van der Waals surface area contributed by atoms with Crippen molar-refractivity contribution in [3.05, 3.63) is 96.1 Å². The molecule has 2 aromatic carbocycles. The summed E-state index contributed by atoms with van der Waals surface area (Å²) in [5.74, 6) is -0.0149. The van der Waals surface area contributed by atoms with Crippen LogP contribution in [0.15, 0.2) is 79.0 Å². The number of rotatable bonds is 3. The number of fused-ring (bicyclic) bond motifs is 1. The minimum atomic E-state index is -0.0272. The lowest BCUT2D eigenvalue weighted by Crippen LogP contribution is -2.31. The number of likely N-dealkylation sites (tertiary alicyclic amines) is 1. The molecule has 1 saturated heterocycles. The smallest absolute Gasteiger partial charge is 0.273 e. The van der Waals surface area contributed by atoms with Crippen LogP contribution in [0, 0.1) is 6.92 Å². The molecule has 4 nitrogen and oxygen atoms in total. The van der Waals surface area contributed by atoms with Crippen molar-refractivity contribution in [1.29, 1.82) is 0 Å². The summed E-state index contributed by atoms with van der Waals surface area (Å²) in [7, 11) is 0. The molecule has 1 atom stereocenters. The molecular weight excluding hydrogens is 370 g/mol. The van der Waals surface area contributed by atoms with E-state index >= 15 is 0 Å². The van der Waals surface area contributed by atoms with Crippen LogP contribution in [-0.4, -0.2) is 27.3 Å². The summed E-state index contributed by atoms with van der Waals surface area (Å²) in [6.07, 6.45) is 3.61. The van der Waals surface area contributed by atoms with E-state index in [0.717, 1.165) is 52.7 Å². The van der Waals surface area contributed by atoms with Crippen LogP contribution in [0.5, 0.6) is 0 Å². The fourth-order valence-electron chi connectivity index (χ4n) is 4.41. The lowest BCUT2D eigenvalue weighted by atomic mass is 10.0. The summed E-state index contributed by atoms with van der Waals surface area (Å²) in [6.45, 7) is 2.74. The zero-order chi connectivity index (χ0) is 20.5. The van der Waals surface area contributed by atoms with Gasteiger partial charge in [-0.05, 0) is 54.5 Å². The Kier molecular flexibility index (Phi) is 4.75. The third-order valence-electron chi connectivity index (χ3n) is 5.81. The maximum Gasteiger partial charge on any atom is 0.273 e. The third kappa shape index (κ3) is 3.35. The zero-order valence-corrected chi connectivity index (χ0v) is 17.0. The van der Waals surface area contributed by atoms with E-state index in [1.54, 1.807) is 6.20 Å². The summed E-state index contributed by atoms with van der Waals surface area (Å²) >= 11 is 0. The van der Waals surface area contributed by atoms with Crippen LogP contribution >= 0.6 is 0 Å². The highest BCUT2D eigenvalue weighted by Crippen LogP contribution is 2.35. The Morgan fingerprint density at radius 3 is 2.63 bits per heavy atom. The summed E-state index contributed by atoms with van der Waals surface area (Å²) in [6, 6.07) is 24.4. The fourth-order valence-corrected chi connectivity index (χ4v) is 4.41. The van der Waals surface area contributed by atoms with Gasteiger partial charge in [-0.25, -0.2) is 0 Å². The number of pyridine rings is 2. The van der Waals surface area contributed by atoms with Gasteiger partial charge >= 0.3 is 0 Å². The van der Waals surface area contributed by atoms with Crippen LogP contribution < -0.4 is 0 Å². The average Bonchev–Trinajstić information content (AvgIpc) is 3.28. The first-order valence-electron chi connectivity index (χ1n) is 10.4. The van der Waals surface area contributed by atoms with E-state index < -0.39 is 0 Å². The number of aryl methyl sites for hydroxylation is 1. The van der Waals surface area contributed by atoms with Crippen molar-refractivity contribution >= 4 is 16.7 Å². The third-order valence-corrected chi connectivity index (χ3v) is 5.81. The molecule has 4 heteroatoms. The summed E-state index contributed by atoms with van der Waals surface area (Å²) in [5.41, 5.74) is 4.75. The minimum Gasteiger partial charge on any atom is -0.329 e. The SMILES string of the molecule is Cc1cc(-c2ccccc2)cc([C@@H]2CCCN2C(=O)c2nccc3ccccc23)n1. The van der Waals surface area contributed by atoms with Crippen LogP contribution in [-0.2, 0) is 0 Å². The van der Waals surface area contributed by atoms with Crippen molar-refractivity contribution in [1.82, 2.24) is 14.9 Å². The van der Waals surface area contributed by atoms with Gasteiger partial charge < -0.3 is 4.90 Å². The number of carbonyl (C=O) groups excluding carboxylic acids is 1. The van der Waals surface area contributed by atoms with Crippen molar-refractivity contribution in [2.45, 2.75) is 25.8 Å². The van der Waals surface area contributed by atoms with Gasteiger partial charge in [-0.1, -0.05) is 54.6 Å². The zero-order valence-electron chi connectivity index (χ0n) is 17.0. The van der Waals surface area contributed by atoms with Gasteiger partial charge in [-0.15, -0.1) is 0 Å². The Balaban J connectivity index is 1.53. The molecular formula is C26H23N3O. The molecule has 4 aromatic rings. The molecule has 0 bridgehead atoms. The standard InChI is InChI=1S/C26H23N3O/c1-18-16-21(19-8-3-2-4-9-19)17-23(28-18)24-12-7-15-29(24)26(30)25-22-11-6-5-10-20(22)13-14-27-25/h2-6,8-11,13-14,16-17,24H,7,12,15H2,1H3/t24-/m0/s1. The molecule has 148 valence electrons. The van der Waals surface area contributed by atoms with Crippen molar-refractivity contribution in [2.75, 3.05) is 6.54 Å². The normalized spacial score (nSPS) is 16.2. The van der Waals surface area contributed by atoms with Crippen molar-refractivity contribution in [2.24, 2.45) is 0 Å². The van der Waals surface area contributed by atoms with Gasteiger partial charge in [-0.3, -0.25) is 14.8 Å². The first-order chi connectivity index (χ1) is 14.7. The fraction of sp³-hybridized carbons (Fsp3) is 0.192. The first kappa shape index (κ1) is 18.5. The summed E-state index contributed by atoms with van der Waals surface area (Å²) in [5, 5.41) is 1.93. The van der Waals surface area contributed by atoms with Crippen LogP contribution in [0.1, 0.15) is 40.8 Å². The number of benzene rings is 2. The highest BCUT2D eigenvalue weighted by molar-refractivity contribution is 6.05. The van der Waals surface area contributed by atoms with E-state index in [2.05, 4.69) is 29.2 Å². The molecule has 0 saturated carbocycles. The van der Waals surface area contributed by atoms with Crippen molar-refractivity contribution in [3.8, 4) is 11.1 Å². The van der Waals surface area contributed by atoms with Crippen molar-refractivity contribution in [3.63, 3.8) is 0 Å². The van der Waals surface area contributed by atoms with Crippen molar-refractivity contribution < 1.29 is 4.79 Å². The Labute approximate surface area is 176 Å². The lowest BCUT2D eigenvalue weighted by Gasteiger charge is -2.25. The molecule has 1 aliphatic rings. The molecule has 30 heavy (non-hydrogen) atoms. The Bertz CT molecular complexity index is 1210. The average molecular weight is 393 g/mol. The van der Waals surface area contributed by atoms with Gasteiger partial charge in [0.1, 0.15) is 5.69 Å². The predicted octanol–water partition coefficient (Wildman–Crippen LogP) is 5.58. The minimum absolute atomic E-state index is 0.0149. The molecule has 5 rings (SSSR count). The van der Waals surface area contributed by atoms with Crippen LogP contribution in [0.4, 0.5) is 0 Å².